The molecule has 1 N–H and O–H groups in total. The van der Waals surface area contributed by atoms with Crippen LogP contribution in [0.3, 0.4) is 0 Å². The number of hydrogen-bond acceptors (Lipinski definition) is 3. The molecule has 1 aliphatic heterocycles. The average Bonchev–Trinajstić information content (AvgIpc) is 2.33. The molecule has 0 saturated carbocycles. The molecular formula is C7H10O3. The Morgan fingerprint density at radius 2 is 2.60 bits per heavy atom. The van der Waals surface area contributed by atoms with Crippen LogP contribution in [0.15, 0.2) is 12.7 Å². The molecule has 1 atom stereocenters. The quantitative estimate of drug-likeness (QED) is 0.443. The second-order valence-corrected chi connectivity index (χ2v) is 2.40. The summed E-state index contributed by atoms with van der Waals surface area (Å²) in [6, 6.07) is 0. The van der Waals surface area contributed by atoms with E-state index in [1.54, 1.807) is 0 Å². The highest BCUT2D eigenvalue weighted by molar-refractivity contribution is 5.72. The van der Waals surface area contributed by atoms with Crippen LogP contribution in [0.1, 0.15) is 12.8 Å². The van der Waals surface area contributed by atoms with Gasteiger partial charge in [0, 0.05) is 12.8 Å². The van der Waals surface area contributed by atoms with Gasteiger partial charge in [0.05, 0.1) is 6.61 Å². The smallest absolute Gasteiger partial charge is 0.306 e. The van der Waals surface area contributed by atoms with Crippen molar-refractivity contribution < 1.29 is 14.6 Å². The van der Waals surface area contributed by atoms with Gasteiger partial charge in [-0.3, -0.25) is 4.79 Å². The maximum atomic E-state index is 10.6. The Balaban J connectivity index is 2.68. The number of cyclic esters (lactones) is 1. The van der Waals surface area contributed by atoms with Crippen LogP contribution in [-0.4, -0.2) is 23.3 Å². The molecule has 1 aliphatic rings. The SMILES string of the molecule is C=CC1(CO)CCC(=O)O1. The molecule has 1 heterocycles. The van der Waals surface area contributed by atoms with Gasteiger partial charge in [0.1, 0.15) is 0 Å². The van der Waals surface area contributed by atoms with Gasteiger partial charge >= 0.3 is 5.97 Å². The van der Waals surface area contributed by atoms with Crippen LogP contribution < -0.4 is 0 Å². The summed E-state index contributed by atoms with van der Waals surface area (Å²) >= 11 is 0. The molecule has 3 nitrogen and oxygen atoms in total. The minimum absolute atomic E-state index is 0.164. The van der Waals surface area contributed by atoms with E-state index >= 15 is 0 Å². The number of carbonyl (C=O) groups excluding carboxylic acids is 1. The van der Waals surface area contributed by atoms with Gasteiger partial charge in [-0.15, -0.1) is 0 Å². The van der Waals surface area contributed by atoms with Crippen LogP contribution in [0.5, 0.6) is 0 Å². The summed E-state index contributed by atoms with van der Waals surface area (Å²) in [5.41, 5.74) is -0.781. The molecule has 56 valence electrons. The van der Waals surface area contributed by atoms with Gasteiger partial charge in [0.15, 0.2) is 5.60 Å². The molecular weight excluding hydrogens is 132 g/mol. The molecule has 1 saturated heterocycles. The lowest BCUT2D eigenvalue weighted by molar-refractivity contribution is -0.147. The number of aliphatic hydroxyl groups is 1. The second-order valence-electron chi connectivity index (χ2n) is 2.40. The number of esters is 1. The summed E-state index contributed by atoms with van der Waals surface area (Å²) in [5.74, 6) is -0.256. The van der Waals surface area contributed by atoms with Gasteiger partial charge in [0.25, 0.3) is 0 Å². The number of hydrogen-bond donors (Lipinski definition) is 1. The van der Waals surface area contributed by atoms with E-state index in [9.17, 15) is 4.79 Å². The van der Waals surface area contributed by atoms with Gasteiger partial charge in [-0.2, -0.15) is 0 Å². The Bertz CT molecular complexity index is 164. The zero-order valence-electron chi connectivity index (χ0n) is 5.67. The molecule has 0 amide bonds. The Hall–Kier alpha value is -0.830. The Morgan fingerprint density at radius 1 is 1.90 bits per heavy atom. The van der Waals surface area contributed by atoms with E-state index in [0.29, 0.717) is 12.8 Å². The monoisotopic (exact) mass is 142 g/mol. The largest absolute Gasteiger partial charge is 0.452 e. The van der Waals surface area contributed by atoms with Crippen molar-refractivity contribution in [2.45, 2.75) is 18.4 Å². The van der Waals surface area contributed by atoms with E-state index in [0.717, 1.165) is 0 Å². The van der Waals surface area contributed by atoms with Crippen molar-refractivity contribution in [2.75, 3.05) is 6.61 Å². The molecule has 0 aromatic carbocycles. The van der Waals surface area contributed by atoms with E-state index < -0.39 is 5.60 Å². The van der Waals surface area contributed by atoms with Crippen molar-refractivity contribution in [3.63, 3.8) is 0 Å². The Morgan fingerprint density at radius 3 is 2.80 bits per heavy atom. The number of ether oxygens (including phenoxy) is 1. The number of carbonyl (C=O) groups is 1. The summed E-state index contributed by atoms with van der Waals surface area (Å²) in [6.45, 7) is 3.32. The molecule has 0 aliphatic carbocycles. The minimum Gasteiger partial charge on any atom is -0.452 e. The zero-order valence-corrected chi connectivity index (χ0v) is 5.67. The van der Waals surface area contributed by atoms with Gasteiger partial charge in [-0.25, -0.2) is 0 Å². The fraction of sp³-hybridized carbons (Fsp3) is 0.571. The highest BCUT2D eigenvalue weighted by atomic mass is 16.6. The summed E-state index contributed by atoms with van der Waals surface area (Å²) in [4.78, 5) is 10.6. The lowest BCUT2D eigenvalue weighted by Gasteiger charge is -2.19. The Kier molecular flexibility index (Phi) is 1.76. The topological polar surface area (TPSA) is 46.5 Å². The highest BCUT2D eigenvalue weighted by Crippen LogP contribution is 2.26. The van der Waals surface area contributed by atoms with Crippen molar-refractivity contribution in [3.05, 3.63) is 12.7 Å². The molecule has 3 heteroatoms. The molecule has 0 aromatic rings. The maximum absolute atomic E-state index is 10.6. The minimum atomic E-state index is -0.781. The molecule has 0 bridgehead atoms. The van der Waals surface area contributed by atoms with E-state index in [-0.39, 0.29) is 12.6 Å². The van der Waals surface area contributed by atoms with Gasteiger partial charge < -0.3 is 9.84 Å². The predicted molar refractivity (Wildman–Crippen MR) is 35.3 cm³/mol. The third-order valence-corrected chi connectivity index (χ3v) is 1.71. The zero-order chi connectivity index (χ0) is 7.61. The molecule has 0 radical (unpaired) electrons. The summed E-state index contributed by atoms with van der Waals surface area (Å²) in [7, 11) is 0. The van der Waals surface area contributed by atoms with Crippen LogP contribution in [0.25, 0.3) is 0 Å². The van der Waals surface area contributed by atoms with Gasteiger partial charge in [0.2, 0.25) is 0 Å². The number of rotatable bonds is 2. The van der Waals surface area contributed by atoms with Gasteiger partial charge in [-0.05, 0) is 6.08 Å². The second kappa shape index (κ2) is 2.42. The summed E-state index contributed by atoms with van der Waals surface area (Å²) in [5, 5.41) is 8.79. The van der Waals surface area contributed by atoms with Crippen LogP contribution in [-0.2, 0) is 9.53 Å². The van der Waals surface area contributed by atoms with Crippen LogP contribution in [0.4, 0.5) is 0 Å². The van der Waals surface area contributed by atoms with E-state index in [1.807, 2.05) is 0 Å². The first-order valence-corrected chi connectivity index (χ1v) is 3.19. The molecule has 0 spiro atoms. The fourth-order valence-electron chi connectivity index (χ4n) is 0.962. The van der Waals surface area contributed by atoms with Crippen molar-refractivity contribution in [1.29, 1.82) is 0 Å². The predicted octanol–water partition coefficient (Wildman–Crippen LogP) is 0.240. The first kappa shape index (κ1) is 7.28. The normalized spacial score (nSPS) is 31.9. The van der Waals surface area contributed by atoms with Crippen LogP contribution in [0.2, 0.25) is 0 Å². The summed E-state index contributed by atoms with van der Waals surface area (Å²) < 4.78 is 4.84. The standard InChI is InChI=1S/C7H10O3/c1-2-7(5-8)4-3-6(9)10-7/h2,8H,1,3-5H2. The molecule has 1 unspecified atom stereocenters. The van der Waals surface area contributed by atoms with E-state index in [1.165, 1.54) is 6.08 Å². The van der Waals surface area contributed by atoms with E-state index in [2.05, 4.69) is 6.58 Å². The van der Waals surface area contributed by atoms with Crippen LogP contribution >= 0.6 is 0 Å². The molecule has 10 heavy (non-hydrogen) atoms. The highest BCUT2D eigenvalue weighted by Gasteiger charge is 2.36. The average molecular weight is 142 g/mol. The Labute approximate surface area is 59.3 Å². The van der Waals surface area contributed by atoms with Crippen molar-refractivity contribution in [2.24, 2.45) is 0 Å². The van der Waals surface area contributed by atoms with E-state index in [4.69, 9.17) is 9.84 Å². The van der Waals surface area contributed by atoms with Crippen molar-refractivity contribution >= 4 is 5.97 Å². The molecule has 0 aromatic heterocycles. The summed E-state index contributed by atoms with van der Waals surface area (Å²) in [6.07, 6.45) is 2.41. The van der Waals surface area contributed by atoms with Gasteiger partial charge in [-0.1, -0.05) is 6.58 Å². The lowest BCUT2D eigenvalue weighted by Crippen LogP contribution is -2.29. The van der Waals surface area contributed by atoms with Crippen molar-refractivity contribution in [3.8, 4) is 0 Å². The first-order valence-electron chi connectivity index (χ1n) is 3.19. The first-order chi connectivity index (χ1) is 4.72. The third kappa shape index (κ3) is 1.04. The third-order valence-electron chi connectivity index (χ3n) is 1.71. The molecule has 1 fully saturated rings. The van der Waals surface area contributed by atoms with Crippen LogP contribution in [0, 0.1) is 0 Å². The maximum Gasteiger partial charge on any atom is 0.306 e. The number of aliphatic hydroxyl groups excluding tert-OH is 1. The van der Waals surface area contributed by atoms with Crippen molar-refractivity contribution in [1.82, 2.24) is 0 Å². The molecule has 1 rings (SSSR count). The lowest BCUT2D eigenvalue weighted by atomic mass is 10.0. The fourth-order valence-corrected chi connectivity index (χ4v) is 0.962.